The van der Waals surface area contributed by atoms with E-state index in [1.54, 1.807) is 30.3 Å². The van der Waals surface area contributed by atoms with Crippen molar-refractivity contribution in [3.8, 4) is 0 Å². The molecule has 0 fully saturated rings. The van der Waals surface area contributed by atoms with E-state index in [9.17, 15) is 14.7 Å². The molecule has 0 bridgehead atoms. The number of hydrogen-bond acceptors (Lipinski definition) is 5. The maximum absolute atomic E-state index is 10.6. The third-order valence-electron chi connectivity index (χ3n) is 2.68. The Kier molecular flexibility index (Phi) is 6.65. The molecule has 7 heteroatoms. The van der Waals surface area contributed by atoms with Crippen molar-refractivity contribution in [2.45, 2.75) is 12.1 Å². The number of aliphatic carboxylic acids is 2. The predicted octanol–water partition coefficient (Wildman–Crippen LogP) is -0.563. The molecule has 0 aliphatic heterocycles. The van der Waals surface area contributed by atoms with Crippen molar-refractivity contribution in [1.29, 1.82) is 0 Å². The Bertz CT molecular complexity index is 438. The van der Waals surface area contributed by atoms with Crippen molar-refractivity contribution in [2.24, 2.45) is 0 Å². The van der Waals surface area contributed by atoms with Gasteiger partial charge in [-0.2, -0.15) is 0 Å². The van der Waals surface area contributed by atoms with Crippen molar-refractivity contribution in [3.63, 3.8) is 0 Å². The first-order valence-corrected chi connectivity index (χ1v) is 6.11. The Hall–Kier alpha value is -1.96. The number of carboxylic acid groups (broad SMARTS) is 2. The van der Waals surface area contributed by atoms with Gasteiger partial charge in [-0.25, -0.2) is 0 Å². The fourth-order valence-electron chi connectivity index (χ4n) is 1.73. The van der Waals surface area contributed by atoms with Crippen molar-refractivity contribution in [3.05, 3.63) is 35.9 Å². The summed E-state index contributed by atoms with van der Waals surface area (Å²) in [5.74, 6) is -2.07. The molecule has 0 aliphatic carbocycles. The van der Waals surface area contributed by atoms with Gasteiger partial charge in [-0.15, -0.1) is 0 Å². The normalized spacial score (nSPS) is 13.7. The molecule has 1 aromatic carbocycles. The van der Waals surface area contributed by atoms with E-state index in [0.717, 1.165) is 0 Å². The van der Waals surface area contributed by atoms with Crippen LogP contribution in [-0.4, -0.2) is 52.9 Å². The van der Waals surface area contributed by atoms with Gasteiger partial charge in [0.15, 0.2) is 0 Å². The Labute approximate surface area is 116 Å². The molecule has 0 aliphatic rings. The zero-order valence-corrected chi connectivity index (χ0v) is 10.8. The topological polar surface area (TPSA) is 119 Å². The molecular weight excluding hydrogens is 264 g/mol. The molecule has 0 radical (unpaired) electrons. The van der Waals surface area contributed by atoms with Crippen molar-refractivity contribution in [1.82, 2.24) is 10.6 Å². The summed E-state index contributed by atoms with van der Waals surface area (Å²) < 4.78 is 0. The van der Waals surface area contributed by atoms with E-state index in [2.05, 4.69) is 10.6 Å². The van der Waals surface area contributed by atoms with Gasteiger partial charge in [0, 0.05) is 6.54 Å². The smallest absolute Gasteiger partial charge is 0.317 e. The average Bonchev–Trinajstić information content (AvgIpc) is 2.42. The summed E-state index contributed by atoms with van der Waals surface area (Å²) >= 11 is 0. The number of nitrogens with one attached hydrogen (secondary N) is 2. The first-order valence-electron chi connectivity index (χ1n) is 6.11. The van der Waals surface area contributed by atoms with Crippen LogP contribution in [0.2, 0.25) is 0 Å². The van der Waals surface area contributed by atoms with Crippen molar-refractivity contribution in [2.75, 3.05) is 19.6 Å². The van der Waals surface area contributed by atoms with Gasteiger partial charge in [-0.05, 0) is 5.56 Å². The molecule has 110 valence electrons. The van der Waals surface area contributed by atoms with Gasteiger partial charge in [0.1, 0.15) is 0 Å². The van der Waals surface area contributed by atoms with Crippen LogP contribution in [0.25, 0.3) is 0 Å². The summed E-state index contributed by atoms with van der Waals surface area (Å²) in [5.41, 5.74) is 0.632. The molecule has 0 aromatic heterocycles. The number of rotatable bonds is 9. The SMILES string of the molecule is O=C(O)CNCC(NCC(=O)O)C(O)c1ccccc1. The van der Waals surface area contributed by atoms with Gasteiger partial charge in [0.2, 0.25) is 0 Å². The van der Waals surface area contributed by atoms with E-state index >= 15 is 0 Å². The van der Waals surface area contributed by atoms with Gasteiger partial charge in [0.25, 0.3) is 0 Å². The molecule has 5 N–H and O–H groups in total. The lowest BCUT2D eigenvalue weighted by atomic mass is 10.0. The third kappa shape index (κ3) is 5.79. The molecule has 0 saturated heterocycles. The van der Waals surface area contributed by atoms with Crippen LogP contribution in [0.3, 0.4) is 0 Å². The molecule has 20 heavy (non-hydrogen) atoms. The summed E-state index contributed by atoms with van der Waals surface area (Å²) in [4.78, 5) is 21.0. The van der Waals surface area contributed by atoms with E-state index in [1.807, 2.05) is 0 Å². The summed E-state index contributed by atoms with van der Waals surface area (Å²) in [6.07, 6.45) is -0.933. The van der Waals surface area contributed by atoms with Gasteiger partial charge in [-0.3, -0.25) is 9.59 Å². The predicted molar refractivity (Wildman–Crippen MR) is 71.3 cm³/mol. The standard InChI is InChI=1S/C13H18N2O5/c16-11(17)7-14-6-10(15-8-12(18)19)13(20)9-4-2-1-3-5-9/h1-5,10,13-15,20H,6-8H2,(H,16,17)(H,18,19). The quantitative estimate of drug-likeness (QED) is 0.412. The summed E-state index contributed by atoms with van der Waals surface area (Å²) in [6.45, 7) is -0.439. The van der Waals surface area contributed by atoms with Crippen molar-refractivity contribution < 1.29 is 24.9 Å². The molecular formula is C13H18N2O5. The van der Waals surface area contributed by atoms with E-state index in [1.165, 1.54) is 0 Å². The first kappa shape index (κ1) is 16.1. The van der Waals surface area contributed by atoms with Crippen LogP contribution in [0.1, 0.15) is 11.7 Å². The summed E-state index contributed by atoms with van der Waals surface area (Å²) in [6, 6.07) is 8.16. The second-order valence-electron chi connectivity index (χ2n) is 4.26. The maximum Gasteiger partial charge on any atom is 0.317 e. The monoisotopic (exact) mass is 282 g/mol. The number of benzene rings is 1. The van der Waals surface area contributed by atoms with Gasteiger partial charge in [0.05, 0.1) is 25.2 Å². The minimum atomic E-state index is -1.05. The molecule has 0 amide bonds. The zero-order chi connectivity index (χ0) is 15.0. The third-order valence-corrected chi connectivity index (χ3v) is 2.68. The lowest BCUT2D eigenvalue weighted by Crippen LogP contribution is -2.46. The Morgan fingerprint density at radius 3 is 2.20 bits per heavy atom. The molecule has 2 unspecified atom stereocenters. The first-order chi connectivity index (χ1) is 9.50. The minimum absolute atomic E-state index is 0.135. The lowest BCUT2D eigenvalue weighted by Gasteiger charge is -2.24. The number of hydrogen-bond donors (Lipinski definition) is 5. The van der Waals surface area contributed by atoms with Gasteiger partial charge >= 0.3 is 11.9 Å². The second kappa shape index (κ2) is 8.26. The van der Waals surface area contributed by atoms with Gasteiger partial charge in [-0.1, -0.05) is 30.3 Å². The molecule has 0 saturated carbocycles. The van der Waals surface area contributed by atoms with Crippen LogP contribution in [-0.2, 0) is 9.59 Å². The average molecular weight is 282 g/mol. The molecule has 2 atom stereocenters. The zero-order valence-electron chi connectivity index (χ0n) is 10.8. The number of carbonyl (C=O) groups is 2. The van der Waals surface area contributed by atoms with Crippen molar-refractivity contribution >= 4 is 11.9 Å². The molecule has 0 spiro atoms. The Morgan fingerprint density at radius 2 is 1.65 bits per heavy atom. The van der Waals surface area contributed by atoms with Crippen LogP contribution < -0.4 is 10.6 Å². The number of carboxylic acids is 2. The second-order valence-corrected chi connectivity index (χ2v) is 4.26. The fraction of sp³-hybridized carbons (Fsp3) is 0.385. The summed E-state index contributed by atoms with van der Waals surface area (Å²) in [5, 5.41) is 32.8. The Morgan fingerprint density at radius 1 is 1.05 bits per heavy atom. The van der Waals surface area contributed by atoms with Crippen LogP contribution in [0, 0.1) is 0 Å². The van der Waals surface area contributed by atoms with Crippen LogP contribution in [0.5, 0.6) is 0 Å². The highest BCUT2D eigenvalue weighted by Crippen LogP contribution is 2.15. The minimum Gasteiger partial charge on any atom is -0.480 e. The van der Waals surface area contributed by atoms with Gasteiger partial charge < -0.3 is 26.0 Å². The lowest BCUT2D eigenvalue weighted by molar-refractivity contribution is -0.137. The molecule has 1 aromatic rings. The highest BCUT2D eigenvalue weighted by atomic mass is 16.4. The van der Waals surface area contributed by atoms with E-state index in [0.29, 0.717) is 5.56 Å². The van der Waals surface area contributed by atoms with E-state index in [-0.39, 0.29) is 19.6 Å². The van der Waals surface area contributed by atoms with Crippen LogP contribution >= 0.6 is 0 Å². The molecule has 1 rings (SSSR count). The maximum atomic E-state index is 10.6. The fourth-order valence-corrected chi connectivity index (χ4v) is 1.73. The largest absolute Gasteiger partial charge is 0.480 e. The highest BCUT2D eigenvalue weighted by Gasteiger charge is 2.21. The highest BCUT2D eigenvalue weighted by molar-refractivity contribution is 5.69. The van der Waals surface area contributed by atoms with Crippen LogP contribution in [0.4, 0.5) is 0 Å². The molecule has 7 nitrogen and oxygen atoms in total. The van der Waals surface area contributed by atoms with E-state index < -0.39 is 24.1 Å². The summed E-state index contributed by atoms with van der Waals surface area (Å²) in [7, 11) is 0. The van der Waals surface area contributed by atoms with E-state index in [4.69, 9.17) is 10.2 Å². The Balaban J connectivity index is 2.64. The number of aliphatic hydroxyl groups excluding tert-OH is 1. The molecule has 0 heterocycles. The van der Waals surface area contributed by atoms with Crippen LogP contribution in [0.15, 0.2) is 30.3 Å². The number of aliphatic hydroxyl groups is 1.